The van der Waals surface area contributed by atoms with E-state index in [0.29, 0.717) is 22.9 Å². The van der Waals surface area contributed by atoms with Crippen LogP contribution in [0, 0.1) is 0 Å². The van der Waals surface area contributed by atoms with Gasteiger partial charge in [0.15, 0.2) is 0 Å². The molecule has 0 fully saturated rings. The van der Waals surface area contributed by atoms with Crippen LogP contribution in [-0.2, 0) is 6.54 Å². The van der Waals surface area contributed by atoms with Gasteiger partial charge < -0.3 is 10.6 Å². The van der Waals surface area contributed by atoms with Crippen LogP contribution in [-0.4, -0.2) is 10.9 Å². The van der Waals surface area contributed by atoms with Gasteiger partial charge in [-0.05, 0) is 53.1 Å². The van der Waals surface area contributed by atoms with Gasteiger partial charge in [-0.3, -0.25) is 9.78 Å². The number of nitrogens with zero attached hydrogens (tertiary/aromatic N) is 1. The first-order valence-electron chi connectivity index (χ1n) is 9.83. The largest absolute Gasteiger partial charge is 0.319 e. The molecule has 3 aromatic carbocycles. The zero-order valence-electron chi connectivity index (χ0n) is 16.6. The van der Waals surface area contributed by atoms with E-state index in [2.05, 4.69) is 65.0 Å². The molecule has 0 aliphatic rings. The van der Waals surface area contributed by atoms with Gasteiger partial charge in [-0.15, -0.1) is 0 Å². The van der Waals surface area contributed by atoms with E-state index in [1.807, 2.05) is 12.1 Å². The molecule has 2 N–H and O–H groups in total. The molecule has 4 nitrogen and oxygen atoms in total. The van der Waals surface area contributed by atoms with Gasteiger partial charge in [-0.25, -0.2) is 0 Å². The van der Waals surface area contributed by atoms with Gasteiger partial charge in [0.25, 0.3) is 5.91 Å². The minimum absolute atomic E-state index is 0.165. The zero-order valence-corrected chi connectivity index (χ0v) is 17.4. The number of carbonyl (C=O) groups is 1. The van der Waals surface area contributed by atoms with Crippen molar-refractivity contribution < 1.29 is 4.79 Å². The van der Waals surface area contributed by atoms with E-state index in [1.54, 1.807) is 30.5 Å². The Morgan fingerprint density at radius 3 is 2.63 bits per heavy atom. The second kappa shape index (κ2) is 9.08. The molecule has 1 unspecified atom stereocenters. The molecule has 4 rings (SSSR count). The monoisotopic (exact) mass is 415 g/mol. The molecule has 1 atom stereocenters. The number of nitrogens with one attached hydrogen (secondary N) is 2. The summed E-state index contributed by atoms with van der Waals surface area (Å²) in [5.74, 6) is -0.285. The number of pyridine rings is 1. The van der Waals surface area contributed by atoms with E-state index >= 15 is 0 Å². The van der Waals surface area contributed by atoms with E-state index in [9.17, 15) is 4.79 Å². The Morgan fingerprint density at radius 2 is 1.80 bits per heavy atom. The van der Waals surface area contributed by atoms with Crippen LogP contribution in [0.4, 0.5) is 5.69 Å². The quantitative estimate of drug-likeness (QED) is 0.406. The van der Waals surface area contributed by atoms with E-state index in [1.165, 1.54) is 16.3 Å². The van der Waals surface area contributed by atoms with Crippen LogP contribution in [0.3, 0.4) is 0 Å². The molecule has 1 heterocycles. The predicted octanol–water partition coefficient (Wildman–Crippen LogP) is 5.99. The first-order valence-corrected chi connectivity index (χ1v) is 10.2. The molecule has 5 heteroatoms. The lowest BCUT2D eigenvalue weighted by Gasteiger charge is -2.17. The number of hydrogen-bond donors (Lipinski definition) is 2. The summed E-state index contributed by atoms with van der Waals surface area (Å²) in [6.07, 6.45) is 1.59. The lowest BCUT2D eigenvalue weighted by molar-refractivity contribution is 0.102. The number of hydrogen-bond acceptors (Lipinski definition) is 3. The normalized spacial score (nSPS) is 11.9. The van der Waals surface area contributed by atoms with Crippen molar-refractivity contribution in [3.05, 3.63) is 107 Å². The van der Waals surface area contributed by atoms with Crippen molar-refractivity contribution in [3.8, 4) is 0 Å². The smallest absolute Gasteiger partial charge is 0.274 e. The molecular weight excluding hydrogens is 394 g/mol. The Kier molecular flexibility index (Phi) is 6.07. The number of halogens is 1. The summed E-state index contributed by atoms with van der Waals surface area (Å²) in [4.78, 5) is 16.5. The number of amides is 1. The first-order chi connectivity index (χ1) is 14.6. The average molecular weight is 416 g/mol. The number of benzene rings is 3. The topological polar surface area (TPSA) is 54.0 Å². The maximum absolute atomic E-state index is 12.4. The second-order valence-electron chi connectivity index (χ2n) is 7.15. The molecule has 4 aromatic rings. The van der Waals surface area contributed by atoms with Gasteiger partial charge >= 0.3 is 0 Å². The van der Waals surface area contributed by atoms with Crippen LogP contribution in [0.5, 0.6) is 0 Å². The molecule has 0 radical (unpaired) electrons. The molecule has 0 spiro atoms. The zero-order chi connectivity index (χ0) is 20.9. The fourth-order valence-electron chi connectivity index (χ4n) is 3.47. The van der Waals surface area contributed by atoms with Crippen molar-refractivity contribution in [2.24, 2.45) is 0 Å². The van der Waals surface area contributed by atoms with Gasteiger partial charge in [-0.2, -0.15) is 0 Å². The Bertz CT molecular complexity index is 1170. The van der Waals surface area contributed by atoms with Gasteiger partial charge in [0.05, 0.1) is 10.7 Å². The van der Waals surface area contributed by atoms with Crippen LogP contribution in [0.1, 0.15) is 34.6 Å². The van der Waals surface area contributed by atoms with Gasteiger partial charge in [0.1, 0.15) is 5.69 Å². The summed E-state index contributed by atoms with van der Waals surface area (Å²) >= 11 is 6.30. The van der Waals surface area contributed by atoms with E-state index in [4.69, 9.17) is 11.6 Å². The van der Waals surface area contributed by atoms with Crippen LogP contribution in [0.15, 0.2) is 85.1 Å². The second-order valence-corrected chi connectivity index (χ2v) is 7.56. The molecule has 0 aliphatic carbocycles. The Morgan fingerprint density at radius 1 is 1.00 bits per heavy atom. The Labute approximate surface area is 180 Å². The number of carbonyl (C=O) groups excluding carboxylic acids is 1. The van der Waals surface area contributed by atoms with Crippen molar-refractivity contribution in [1.29, 1.82) is 0 Å². The lowest BCUT2D eigenvalue weighted by atomic mass is 9.99. The molecule has 1 amide bonds. The van der Waals surface area contributed by atoms with Crippen molar-refractivity contribution >= 4 is 34.0 Å². The third-order valence-corrected chi connectivity index (χ3v) is 5.41. The van der Waals surface area contributed by atoms with Crippen LogP contribution in [0.25, 0.3) is 10.8 Å². The fourth-order valence-corrected chi connectivity index (χ4v) is 3.64. The lowest BCUT2D eigenvalue weighted by Crippen LogP contribution is -2.19. The van der Waals surface area contributed by atoms with Gasteiger partial charge in [0.2, 0.25) is 0 Å². The van der Waals surface area contributed by atoms with E-state index in [-0.39, 0.29) is 11.9 Å². The molecule has 30 heavy (non-hydrogen) atoms. The third kappa shape index (κ3) is 4.51. The number of anilines is 1. The van der Waals surface area contributed by atoms with Crippen LogP contribution in [0.2, 0.25) is 5.02 Å². The predicted molar refractivity (Wildman–Crippen MR) is 123 cm³/mol. The highest BCUT2D eigenvalue weighted by Crippen LogP contribution is 2.26. The third-order valence-electron chi connectivity index (χ3n) is 5.08. The molecule has 0 saturated carbocycles. The molecule has 0 saturated heterocycles. The summed E-state index contributed by atoms with van der Waals surface area (Å²) in [5, 5.41) is 9.39. The summed E-state index contributed by atoms with van der Waals surface area (Å²) in [6, 6.07) is 25.8. The maximum Gasteiger partial charge on any atom is 0.274 e. The first kappa shape index (κ1) is 20.1. The van der Waals surface area contributed by atoms with Gasteiger partial charge in [-0.1, -0.05) is 66.2 Å². The minimum Gasteiger partial charge on any atom is -0.319 e. The van der Waals surface area contributed by atoms with Gasteiger partial charge in [0, 0.05) is 18.8 Å². The number of fused-ring (bicyclic) bond motifs is 1. The highest BCUT2D eigenvalue weighted by molar-refractivity contribution is 6.33. The molecule has 0 aliphatic heterocycles. The molecular formula is C25H22ClN3O. The van der Waals surface area contributed by atoms with Crippen molar-refractivity contribution in [2.75, 3.05) is 5.32 Å². The van der Waals surface area contributed by atoms with Crippen molar-refractivity contribution in [3.63, 3.8) is 0 Å². The summed E-state index contributed by atoms with van der Waals surface area (Å²) in [5.41, 5.74) is 3.21. The number of aromatic nitrogens is 1. The Hall–Kier alpha value is -3.21. The van der Waals surface area contributed by atoms with Crippen LogP contribution < -0.4 is 10.6 Å². The SMILES string of the molecule is CC(NCc1ccc(Cl)c(NC(=O)c2ccccn2)c1)c1cccc2ccccc12. The highest BCUT2D eigenvalue weighted by atomic mass is 35.5. The molecule has 0 bridgehead atoms. The summed E-state index contributed by atoms with van der Waals surface area (Å²) in [6.45, 7) is 2.80. The number of rotatable bonds is 6. The maximum atomic E-state index is 12.4. The summed E-state index contributed by atoms with van der Waals surface area (Å²) in [7, 11) is 0. The van der Waals surface area contributed by atoms with Crippen molar-refractivity contribution in [1.82, 2.24) is 10.3 Å². The highest BCUT2D eigenvalue weighted by Gasteiger charge is 2.12. The summed E-state index contributed by atoms with van der Waals surface area (Å²) < 4.78 is 0. The van der Waals surface area contributed by atoms with Crippen molar-refractivity contribution in [2.45, 2.75) is 19.5 Å². The minimum atomic E-state index is -0.285. The standard InChI is InChI=1S/C25H22ClN3O/c1-17(20-10-6-8-19-7-2-3-9-21(19)20)28-16-18-12-13-22(26)24(15-18)29-25(30)23-11-4-5-14-27-23/h2-15,17,28H,16H2,1H3,(H,29,30). The Balaban J connectivity index is 1.47. The van der Waals surface area contributed by atoms with Crippen LogP contribution >= 0.6 is 11.6 Å². The molecule has 150 valence electrons. The fraction of sp³-hybridized carbons (Fsp3) is 0.120. The van der Waals surface area contributed by atoms with E-state index < -0.39 is 0 Å². The molecule has 1 aromatic heterocycles. The average Bonchev–Trinajstić information content (AvgIpc) is 2.79. The van der Waals surface area contributed by atoms with E-state index in [0.717, 1.165) is 5.56 Å².